The van der Waals surface area contributed by atoms with E-state index in [0.29, 0.717) is 16.1 Å². The second kappa shape index (κ2) is 6.01. The number of nitrogens with one attached hydrogen (secondary N) is 1. The zero-order valence-corrected chi connectivity index (χ0v) is 14.2. The molecular weight excluding hydrogens is 355 g/mol. The SMILES string of the molecule is Cc1cc(Cl)ccc1S(=O)(=O)Nc1c(C)cc(Cl)nc1Cl. The lowest BCUT2D eigenvalue weighted by Gasteiger charge is -2.13. The number of rotatable bonds is 3. The van der Waals surface area contributed by atoms with Crippen LogP contribution < -0.4 is 4.72 Å². The van der Waals surface area contributed by atoms with Crippen LogP contribution in [0.5, 0.6) is 0 Å². The molecule has 21 heavy (non-hydrogen) atoms. The van der Waals surface area contributed by atoms with Gasteiger partial charge in [-0.15, -0.1) is 0 Å². The van der Waals surface area contributed by atoms with Gasteiger partial charge in [0, 0.05) is 5.02 Å². The molecule has 0 fully saturated rings. The molecule has 2 aromatic rings. The Balaban J connectivity index is 2.47. The first kappa shape index (κ1) is 16.4. The number of aryl methyl sites for hydroxylation is 2. The third-order valence-corrected chi connectivity index (χ3v) is 5.02. The maximum atomic E-state index is 12.4. The molecule has 0 spiro atoms. The molecule has 112 valence electrons. The van der Waals surface area contributed by atoms with Gasteiger partial charge in [-0.1, -0.05) is 34.8 Å². The Labute approximate surface area is 138 Å². The fourth-order valence-corrected chi connectivity index (χ4v) is 4.05. The zero-order valence-electron chi connectivity index (χ0n) is 11.1. The molecule has 0 saturated heterocycles. The van der Waals surface area contributed by atoms with Crippen LogP contribution in [0.2, 0.25) is 15.3 Å². The first-order valence-corrected chi connectivity index (χ1v) is 8.44. The summed E-state index contributed by atoms with van der Waals surface area (Å²) in [6.07, 6.45) is 0. The highest BCUT2D eigenvalue weighted by atomic mass is 35.5. The third kappa shape index (κ3) is 3.61. The van der Waals surface area contributed by atoms with Crippen molar-refractivity contribution >= 4 is 50.5 Å². The Morgan fingerprint density at radius 3 is 2.29 bits per heavy atom. The van der Waals surface area contributed by atoms with Crippen molar-refractivity contribution in [2.45, 2.75) is 18.7 Å². The molecule has 2 rings (SSSR count). The molecule has 0 atom stereocenters. The monoisotopic (exact) mass is 364 g/mol. The summed E-state index contributed by atoms with van der Waals surface area (Å²) in [5.74, 6) is 0. The van der Waals surface area contributed by atoms with E-state index in [0.717, 1.165) is 0 Å². The van der Waals surface area contributed by atoms with Crippen LogP contribution in [0.15, 0.2) is 29.2 Å². The quantitative estimate of drug-likeness (QED) is 0.817. The van der Waals surface area contributed by atoms with Crippen molar-refractivity contribution in [2.75, 3.05) is 4.72 Å². The summed E-state index contributed by atoms with van der Waals surface area (Å²) < 4.78 is 27.3. The van der Waals surface area contributed by atoms with E-state index in [-0.39, 0.29) is 20.9 Å². The second-order valence-corrected chi connectivity index (χ2v) is 7.28. The number of hydrogen-bond donors (Lipinski definition) is 1. The first-order valence-electron chi connectivity index (χ1n) is 5.82. The standard InChI is InChI=1S/C13H11Cl3N2O2S/c1-7-5-9(14)3-4-10(7)21(19,20)18-12-8(2)6-11(15)17-13(12)16/h3-6,18H,1-2H3. The molecule has 0 saturated carbocycles. The van der Waals surface area contributed by atoms with Gasteiger partial charge in [-0.2, -0.15) is 0 Å². The van der Waals surface area contributed by atoms with Crippen LogP contribution in [0.25, 0.3) is 0 Å². The van der Waals surface area contributed by atoms with Gasteiger partial charge >= 0.3 is 0 Å². The minimum atomic E-state index is -3.79. The summed E-state index contributed by atoms with van der Waals surface area (Å²) in [5.41, 5.74) is 1.32. The van der Waals surface area contributed by atoms with Crippen LogP contribution in [0.1, 0.15) is 11.1 Å². The molecule has 0 unspecified atom stereocenters. The molecule has 0 bridgehead atoms. The van der Waals surface area contributed by atoms with Gasteiger partial charge in [0.1, 0.15) is 5.15 Å². The second-order valence-electron chi connectivity index (χ2n) is 4.44. The molecule has 1 N–H and O–H groups in total. The molecule has 8 heteroatoms. The van der Waals surface area contributed by atoms with Crippen molar-refractivity contribution in [1.82, 2.24) is 4.98 Å². The van der Waals surface area contributed by atoms with Crippen molar-refractivity contribution in [3.8, 4) is 0 Å². The highest BCUT2D eigenvalue weighted by molar-refractivity contribution is 7.92. The molecule has 0 amide bonds. The lowest BCUT2D eigenvalue weighted by Crippen LogP contribution is -2.15. The Morgan fingerprint density at radius 2 is 1.71 bits per heavy atom. The molecule has 1 heterocycles. The summed E-state index contributed by atoms with van der Waals surface area (Å²) >= 11 is 17.5. The Morgan fingerprint density at radius 1 is 1.05 bits per heavy atom. The normalized spacial score (nSPS) is 11.5. The number of anilines is 1. The minimum absolute atomic E-state index is 0.00445. The van der Waals surface area contributed by atoms with Crippen molar-refractivity contribution < 1.29 is 8.42 Å². The first-order chi connectivity index (χ1) is 9.70. The van der Waals surface area contributed by atoms with E-state index >= 15 is 0 Å². The van der Waals surface area contributed by atoms with Crippen LogP contribution in [0.4, 0.5) is 5.69 Å². The van der Waals surface area contributed by atoms with Crippen LogP contribution >= 0.6 is 34.8 Å². The number of pyridine rings is 1. The van der Waals surface area contributed by atoms with Crippen LogP contribution in [-0.4, -0.2) is 13.4 Å². The number of nitrogens with zero attached hydrogens (tertiary/aromatic N) is 1. The maximum absolute atomic E-state index is 12.4. The van der Waals surface area contributed by atoms with Gasteiger partial charge in [0.15, 0.2) is 5.15 Å². The van der Waals surface area contributed by atoms with E-state index in [1.807, 2.05) is 0 Å². The predicted octanol–water partition coefficient (Wildman–Crippen LogP) is 4.46. The van der Waals surface area contributed by atoms with Crippen LogP contribution in [-0.2, 0) is 10.0 Å². The van der Waals surface area contributed by atoms with Crippen LogP contribution in [0.3, 0.4) is 0 Å². The topological polar surface area (TPSA) is 59.1 Å². The smallest absolute Gasteiger partial charge is 0.262 e. The van der Waals surface area contributed by atoms with E-state index in [1.54, 1.807) is 19.9 Å². The Kier molecular flexibility index (Phi) is 4.68. The fourth-order valence-electron chi connectivity index (χ4n) is 1.82. The molecule has 0 radical (unpaired) electrons. The number of halogens is 3. The Bertz CT molecular complexity index is 784. The molecule has 0 aliphatic carbocycles. The van der Waals surface area contributed by atoms with Crippen molar-refractivity contribution in [3.05, 3.63) is 50.7 Å². The summed E-state index contributed by atoms with van der Waals surface area (Å²) in [7, 11) is -3.79. The minimum Gasteiger partial charge on any atom is -0.276 e. The van der Waals surface area contributed by atoms with E-state index in [9.17, 15) is 8.42 Å². The van der Waals surface area contributed by atoms with E-state index in [1.165, 1.54) is 18.2 Å². The molecule has 1 aromatic heterocycles. The van der Waals surface area contributed by atoms with Crippen molar-refractivity contribution in [3.63, 3.8) is 0 Å². The lowest BCUT2D eigenvalue weighted by atomic mass is 10.2. The molecule has 1 aromatic carbocycles. The number of benzene rings is 1. The van der Waals surface area contributed by atoms with E-state index < -0.39 is 10.0 Å². The number of aromatic nitrogens is 1. The van der Waals surface area contributed by atoms with E-state index in [2.05, 4.69) is 9.71 Å². The highest BCUT2D eigenvalue weighted by Crippen LogP contribution is 2.29. The summed E-state index contributed by atoms with van der Waals surface area (Å²) in [4.78, 5) is 3.95. The predicted molar refractivity (Wildman–Crippen MR) is 86.0 cm³/mol. The fraction of sp³-hybridized carbons (Fsp3) is 0.154. The largest absolute Gasteiger partial charge is 0.276 e. The summed E-state index contributed by atoms with van der Waals surface area (Å²) in [5, 5.41) is 0.659. The average Bonchev–Trinajstić information content (AvgIpc) is 2.33. The zero-order chi connectivity index (χ0) is 15.8. The molecule has 4 nitrogen and oxygen atoms in total. The summed E-state index contributed by atoms with van der Waals surface area (Å²) in [6, 6.07) is 6.05. The van der Waals surface area contributed by atoms with Gasteiger partial charge in [-0.05, 0) is 49.2 Å². The van der Waals surface area contributed by atoms with Crippen LogP contribution in [0, 0.1) is 13.8 Å². The average molecular weight is 366 g/mol. The third-order valence-electron chi connectivity index (χ3n) is 2.80. The van der Waals surface area contributed by atoms with Gasteiger partial charge in [0.25, 0.3) is 10.0 Å². The molecule has 0 aliphatic heterocycles. The summed E-state index contributed by atoms with van der Waals surface area (Å²) in [6.45, 7) is 3.35. The molecular formula is C13H11Cl3N2O2S. The van der Waals surface area contributed by atoms with Gasteiger partial charge < -0.3 is 0 Å². The highest BCUT2D eigenvalue weighted by Gasteiger charge is 2.20. The lowest BCUT2D eigenvalue weighted by molar-refractivity contribution is 0.600. The van der Waals surface area contributed by atoms with Crippen molar-refractivity contribution in [2.24, 2.45) is 0 Å². The molecule has 0 aliphatic rings. The number of hydrogen-bond acceptors (Lipinski definition) is 3. The van der Waals surface area contributed by atoms with E-state index in [4.69, 9.17) is 34.8 Å². The van der Waals surface area contributed by atoms with Crippen molar-refractivity contribution in [1.29, 1.82) is 0 Å². The van der Waals surface area contributed by atoms with Gasteiger partial charge in [-0.3, -0.25) is 4.72 Å². The van der Waals surface area contributed by atoms with Gasteiger partial charge in [-0.25, -0.2) is 13.4 Å². The number of sulfonamides is 1. The Hall–Kier alpha value is -1.01. The maximum Gasteiger partial charge on any atom is 0.262 e. The van der Waals surface area contributed by atoms with Gasteiger partial charge in [0.2, 0.25) is 0 Å². The van der Waals surface area contributed by atoms with Gasteiger partial charge in [0.05, 0.1) is 10.6 Å².